The molecule has 0 aliphatic rings. The van der Waals surface area contributed by atoms with Gasteiger partial charge in [-0.15, -0.1) is 0 Å². The highest BCUT2D eigenvalue weighted by molar-refractivity contribution is 6.36. The van der Waals surface area contributed by atoms with Crippen LogP contribution in [-0.4, -0.2) is 15.9 Å². The Kier molecular flexibility index (Phi) is 5.38. The third-order valence-corrected chi connectivity index (χ3v) is 3.97. The van der Waals surface area contributed by atoms with Crippen molar-refractivity contribution in [1.82, 2.24) is 9.97 Å². The molecule has 2 N–H and O–H groups in total. The molecule has 126 valence electrons. The number of halogens is 3. The first-order valence-electron chi connectivity index (χ1n) is 7.13. The van der Waals surface area contributed by atoms with E-state index in [1.165, 1.54) is 12.3 Å². The summed E-state index contributed by atoms with van der Waals surface area (Å²) in [6.45, 7) is 0. The molecule has 3 aromatic rings. The molecular formula is C17H11Cl3N4O. The molecule has 0 aliphatic carbocycles. The van der Waals surface area contributed by atoms with Gasteiger partial charge in [0.25, 0.3) is 5.91 Å². The average Bonchev–Trinajstić information content (AvgIpc) is 2.60. The van der Waals surface area contributed by atoms with Crippen molar-refractivity contribution in [1.29, 1.82) is 0 Å². The Hall–Kier alpha value is -2.34. The van der Waals surface area contributed by atoms with Crippen molar-refractivity contribution >= 4 is 58.0 Å². The quantitative estimate of drug-likeness (QED) is 0.620. The third kappa shape index (κ3) is 4.60. The van der Waals surface area contributed by atoms with E-state index >= 15 is 0 Å². The van der Waals surface area contributed by atoms with Crippen molar-refractivity contribution in [3.05, 3.63) is 75.5 Å². The standard InChI is InChI=1S/C17H11Cl3N4O/c18-10-1-4-12(5-2-10)22-16(25)15-7-8-21-17(24-15)23-14-6-3-11(19)9-13(14)20/h1-9H,(H,22,25)(H,21,23,24). The maximum Gasteiger partial charge on any atom is 0.274 e. The molecule has 25 heavy (non-hydrogen) atoms. The molecule has 0 atom stereocenters. The van der Waals surface area contributed by atoms with E-state index in [1.807, 2.05) is 0 Å². The van der Waals surface area contributed by atoms with Crippen LogP contribution in [0, 0.1) is 0 Å². The fourth-order valence-electron chi connectivity index (χ4n) is 1.99. The summed E-state index contributed by atoms with van der Waals surface area (Å²) in [6, 6.07) is 13.3. The van der Waals surface area contributed by atoms with Crippen molar-refractivity contribution in [3.8, 4) is 0 Å². The van der Waals surface area contributed by atoms with Crippen molar-refractivity contribution in [3.63, 3.8) is 0 Å². The van der Waals surface area contributed by atoms with Crippen LogP contribution in [-0.2, 0) is 0 Å². The number of carbonyl (C=O) groups excluding carboxylic acids is 1. The van der Waals surface area contributed by atoms with E-state index in [1.54, 1.807) is 42.5 Å². The summed E-state index contributed by atoms with van der Waals surface area (Å²) in [6.07, 6.45) is 1.48. The average molecular weight is 394 g/mol. The molecule has 1 aromatic heterocycles. The summed E-state index contributed by atoms with van der Waals surface area (Å²) >= 11 is 17.8. The van der Waals surface area contributed by atoms with Crippen LogP contribution in [0.5, 0.6) is 0 Å². The molecule has 5 nitrogen and oxygen atoms in total. The molecular weight excluding hydrogens is 383 g/mol. The van der Waals surface area contributed by atoms with Gasteiger partial charge in [-0.05, 0) is 48.5 Å². The van der Waals surface area contributed by atoms with Gasteiger partial charge in [0.2, 0.25) is 5.95 Å². The molecule has 1 amide bonds. The van der Waals surface area contributed by atoms with Gasteiger partial charge in [0.1, 0.15) is 5.69 Å². The summed E-state index contributed by atoms with van der Waals surface area (Å²) in [4.78, 5) is 20.6. The number of benzene rings is 2. The number of carbonyl (C=O) groups is 1. The van der Waals surface area contributed by atoms with Crippen LogP contribution >= 0.6 is 34.8 Å². The van der Waals surface area contributed by atoms with E-state index in [0.717, 1.165) is 0 Å². The van der Waals surface area contributed by atoms with Crippen molar-refractivity contribution in [2.75, 3.05) is 10.6 Å². The molecule has 2 aromatic carbocycles. The van der Waals surface area contributed by atoms with E-state index in [9.17, 15) is 4.79 Å². The Morgan fingerprint density at radius 1 is 0.920 bits per heavy atom. The Labute approximate surface area is 159 Å². The smallest absolute Gasteiger partial charge is 0.274 e. The molecule has 0 aliphatic heterocycles. The van der Waals surface area contributed by atoms with Crippen LogP contribution in [0.15, 0.2) is 54.7 Å². The van der Waals surface area contributed by atoms with Crippen LogP contribution in [0.3, 0.4) is 0 Å². The lowest BCUT2D eigenvalue weighted by Gasteiger charge is -2.09. The monoisotopic (exact) mass is 392 g/mol. The summed E-state index contributed by atoms with van der Waals surface area (Å²) in [5.41, 5.74) is 1.40. The zero-order valence-electron chi connectivity index (χ0n) is 12.6. The highest BCUT2D eigenvalue weighted by Gasteiger charge is 2.10. The van der Waals surface area contributed by atoms with Gasteiger partial charge >= 0.3 is 0 Å². The number of anilines is 3. The van der Waals surface area contributed by atoms with Gasteiger partial charge in [-0.3, -0.25) is 4.79 Å². The van der Waals surface area contributed by atoms with Crippen molar-refractivity contribution < 1.29 is 4.79 Å². The second kappa shape index (κ2) is 7.70. The van der Waals surface area contributed by atoms with Gasteiger partial charge < -0.3 is 10.6 Å². The van der Waals surface area contributed by atoms with Crippen LogP contribution in [0.4, 0.5) is 17.3 Å². The number of aromatic nitrogens is 2. The number of hydrogen-bond acceptors (Lipinski definition) is 4. The lowest BCUT2D eigenvalue weighted by molar-refractivity contribution is 0.102. The van der Waals surface area contributed by atoms with Gasteiger partial charge in [-0.2, -0.15) is 0 Å². The SMILES string of the molecule is O=C(Nc1ccc(Cl)cc1)c1ccnc(Nc2ccc(Cl)cc2Cl)n1. The Bertz CT molecular complexity index is 916. The molecule has 3 rings (SSSR count). The molecule has 1 heterocycles. The summed E-state index contributed by atoms with van der Waals surface area (Å²) in [7, 11) is 0. The van der Waals surface area contributed by atoms with Crippen LogP contribution < -0.4 is 10.6 Å². The van der Waals surface area contributed by atoms with E-state index in [0.29, 0.717) is 26.4 Å². The first-order chi connectivity index (χ1) is 12.0. The zero-order chi connectivity index (χ0) is 17.8. The van der Waals surface area contributed by atoms with Gasteiger partial charge in [0, 0.05) is 21.9 Å². The van der Waals surface area contributed by atoms with Crippen molar-refractivity contribution in [2.45, 2.75) is 0 Å². The summed E-state index contributed by atoms with van der Waals surface area (Å²) < 4.78 is 0. The lowest BCUT2D eigenvalue weighted by Crippen LogP contribution is -2.14. The fourth-order valence-corrected chi connectivity index (χ4v) is 2.57. The number of hydrogen-bond donors (Lipinski definition) is 2. The maximum atomic E-state index is 12.3. The second-order valence-corrected chi connectivity index (χ2v) is 6.26. The van der Waals surface area contributed by atoms with E-state index < -0.39 is 0 Å². The number of nitrogens with zero attached hydrogens (tertiary/aromatic N) is 2. The summed E-state index contributed by atoms with van der Waals surface area (Å²) in [5, 5.41) is 7.23. The molecule has 0 saturated carbocycles. The van der Waals surface area contributed by atoms with E-state index in [-0.39, 0.29) is 17.5 Å². The van der Waals surface area contributed by atoms with E-state index in [4.69, 9.17) is 34.8 Å². The Morgan fingerprint density at radius 2 is 1.64 bits per heavy atom. The Balaban J connectivity index is 1.76. The fraction of sp³-hybridized carbons (Fsp3) is 0. The molecule has 0 bridgehead atoms. The van der Waals surface area contributed by atoms with Gasteiger partial charge in [0.15, 0.2) is 0 Å². The second-order valence-electron chi connectivity index (χ2n) is 4.98. The first kappa shape index (κ1) is 17.5. The van der Waals surface area contributed by atoms with Crippen molar-refractivity contribution in [2.24, 2.45) is 0 Å². The zero-order valence-corrected chi connectivity index (χ0v) is 14.9. The maximum absolute atomic E-state index is 12.3. The van der Waals surface area contributed by atoms with Gasteiger partial charge in [-0.25, -0.2) is 9.97 Å². The molecule has 0 saturated heterocycles. The molecule has 0 unspecified atom stereocenters. The minimum absolute atomic E-state index is 0.206. The summed E-state index contributed by atoms with van der Waals surface area (Å²) in [5.74, 6) is -0.122. The molecule has 0 fully saturated rings. The number of amides is 1. The number of nitrogens with one attached hydrogen (secondary N) is 2. The van der Waals surface area contributed by atoms with Crippen LogP contribution in [0.1, 0.15) is 10.5 Å². The molecule has 0 spiro atoms. The lowest BCUT2D eigenvalue weighted by atomic mass is 10.3. The minimum Gasteiger partial charge on any atom is -0.323 e. The third-order valence-electron chi connectivity index (χ3n) is 3.17. The highest BCUT2D eigenvalue weighted by Crippen LogP contribution is 2.27. The van der Waals surface area contributed by atoms with Gasteiger partial charge in [-0.1, -0.05) is 34.8 Å². The normalized spacial score (nSPS) is 10.4. The largest absolute Gasteiger partial charge is 0.323 e. The molecule has 0 radical (unpaired) electrons. The van der Waals surface area contributed by atoms with Gasteiger partial charge in [0.05, 0.1) is 10.7 Å². The minimum atomic E-state index is -0.366. The first-order valence-corrected chi connectivity index (χ1v) is 8.27. The predicted octanol–water partition coefficient (Wildman–Crippen LogP) is 5.43. The topological polar surface area (TPSA) is 66.9 Å². The van der Waals surface area contributed by atoms with E-state index in [2.05, 4.69) is 20.6 Å². The predicted molar refractivity (Wildman–Crippen MR) is 101 cm³/mol. The van der Waals surface area contributed by atoms with Crippen LogP contribution in [0.25, 0.3) is 0 Å². The highest BCUT2D eigenvalue weighted by atomic mass is 35.5. The number of rotatable bonds is 4. The van der Waals surface area contributed by atoms with Crippen LogP contribution in [0.2, 0.25) is 15.1 Å². The Morgan fingerprint density at radius 3 is 2.36 bits per heavy atom. The molecule has 8 heteroatoms.